The third kappa shape index (κ3) is 6.02. The van der Waals surface area contributed by atoms with Gasteiger partial charge in [0.25, 0.3) is 0 Å². The molecule has 1 aromatic carbocycles. The number of aliphatic carboxylic acids is 1. The van der Waals surface area contributed by atoms with Crippen LogP contribution in [0.15, 0.2) is 36.5 Å². The third-order valence-electron chi connectivity index (χ3n) is 4.78. The average molecular weight is 403 g/mol. The first-order valence-corrected chi connectivity index (χ1v) is 9.86. The number of aliphatic hydroxyl groups is 2. The monoisotopic (exact) mass is 403 g/mol. The van der Waals surface area contributed by atoms with Crippen molar-refractivity contribution < 1.29 is 24.5 Å². The summed E-state index contributed by atoms with van der Waals surface area (Å²) in [6.07, 6.45) is 2.86. The van der Waals surface area contributed by atoms with Gasteiger partial charge in [0.15, 0.2) is 0 Å². The van der Waals surface area contributed by atoms with Crippen LogP contribution in [0.5, 0.6) is 0 Å². The quantitative estimate of drug-likeness (QED) is 0.571. The summed E-state index contributed by atoms with van der Waals surface area (Å²) in [7, 11) is 0. The number of halogens is 1. The molecular weight excluding hydrogens is 373 g/mol. The molecule has 0 bridgehead atoms. The normalized spacial score (nSPS) is 14.1. The lowest BCUT2D eigenvalue weighted by atomic mass is 9.97. The molecule has 158 valence electrons. The van der Waals surface area contributed by atoms with E-state index in [1.807, 2.05) is 12.3 Å². The molecule has 0 saturated heterocycles. The summed E-state index contributed by atoms with van der Waals surface area (Å²) in [6, 6.07) is 6.51. The van der Waals surface area contributed by atoms with Crippen molar-refractivity contribution in [2.24, 2.45) is 0 Å². The molecule has 0 spiro atoms. The van der Waals surface area contributed by atoms with Crippen LogP contribution in [0.1, 0.15) is 63.8 Å². The van der Waals surface area contributed by atoms with Crippen molar-refractivity contribution in [1.29, 1.82) is 0 Å². The van der Waals surface area contributed by atoms with E-state index in [0.29, 0.717) is 0 Å². The lowest BCUT2D eigenvalue weighted by Crippen LogP contribution is -2.19. The van der Waals surface area contributed by atoms with E-state index in [2.05, 4.69) is 32.3 Å². The van der Waals surface area contributed by atoms with Crippen molar-refractivity contribution in [3.05, 3.63) is 53.6 Å². The molecule has 2 unspecified atom stereocenters. The molecule has 5 nitrogen and oxygen atoms in total. The Labute approximate surface area is 171 Å². The summed E-state index contributed by atoms with van der Waals surface area (Å²) in [5.41, 5.74) is 3.81. The fourth-order valence-corrected chi connectivity index (χ4v) is 3.48. The Hall–Kier alpha value is -2.44. The average Bonchev–Trinajstić information content (AvgIpc) is 2.99. The molecule has 0 aliphatic rings. The lowest BCUT2D eigenvalue weighted by Gasteiger charge is -2.17. The number of rotatable bonds is 9. The molecule has 0 aliphatic carbocycles. The second kappa shape index (κ2) is 9.85. The highest BCUT2D eigenvalue weighted by Crippen LogP contribution is 2.35. The molecular formula is C23H30FNO4. The maximum atomic E-state index is 13.4. The van der Waals surface area contributed by atoms with Gasteiger partial charge in [0, 0.05) is 35.5 Å². The molecule has 2 aromatic rings. The predicted molar refractivity (Wildman–Crippen MR) is 112 cm³/mol. The zero-order valence-corrected chi connectivity index (χ0v) is 17.3. The maximum absolute atomic E-state index is 13.4. The summed E-state index contributed by atoms with van der Waals surface area (Å²) < 4.78 is 15.6. The van der Waals surface area contributed by atoms with Crippen molar-refractivity contribution in [1.82, 2.24) is 4.57 Å². The number of aromatic nitrogens is 1. The second-order valence-corrected chi connectivity index (χ2v) is 7.92. The highest BCUT2D eigenvalue weighted by Gasteiger charge is 2.20. The summed E-state index contributed by atoms with van der Waals surface area (Å²) in [5, 5.41) is 28.7. The van der Waals surface area contributed by atoms with Crippen molar-refractivity contribution in [3.8, 4) is 11.1 Å². The van der Waals surface area contributed by atoms with Gasteiger partial charge in [-0.3, -0.25) is 4.79 Å². The van der Waals surface area contributed by atoms with Crippen LogP contribution >= 0.6 is 0 Å². The van der Waals surface area contributed by atoms with Gasteiger partial charge in [0.05, 0.1) is 18.6 Å². The first-order valence-electron chi connectivity index (χ1n) is 9.86. The van der Waals surface area contributed by atoms with Gasteiger partial charge < -0.3 is 19.9 Å². The minimum atomic E-state index is -1.12. The zero-order valence-electron chi connectivity index (χ0n) is 17.3. The van der Waals surface area contributed by atoms with E-state index in [-0.39, 0.29) is 24.2 Å². The van der Waals surface area contributed by atoms with Crippen molar-refractivity contribution in [3.63, 3.8) is 0 Å². The van der Waals surface area contributed by atoms with E-state index < -0.39 is 24.6 Å². The first-order chi connectivity index (χ1) is 13.6. The largest absolute Gasteiger partial charge is 0.481 e. The number of nitrogens with zero attached hydrogens (tertiary/aromatic N) is 1. The van der Waals surface area contributed by atoms with Crippen molar-refractivity contribution in [2.75, 3.05) is 0 Å². The fraction of sp³-hybridized carbons (Fsp3) is 0.435. The van der Waals surface area contributed by atoms with Crippen LogP contribution in [-0.4, -0.2) is 38.1 Å². The van der Waals surface area contributed by atoms with Gasteiger partial charge in [-0.1, -0.05) is 38.1 Å². The number of hydrogen-bond donors (Lipinski definition) is 3. The molecule has 0 aliphatic heterocycles. The highest BCUT2D eigenvalue weighted by molar-refractivity contribution is 5.77. The number of carboxylic acids is 1. The van der Waals surface area contributed by atoms with Gasteiger partial charge in [-0.15, -0.1) is 0 Å². The Morgan fingerprint density at radius 3 is 2.28 bits per heavy atom. The first kappa shape index (κ1) is 22.8. The maximum Gasteiger partial charge on any atom is 0.305 e. The Bertz CT molecular complexity index is 853. The number of hydrogen-bond acceptors (Lipinski definition) is 3. The van der Waals surface area contributed by atoms with Gasteiger partial charge in [0.2, 0.25) is 0 Å². The van der Waals surface area contributed by atoms with E-state index in [1.165, 1.54) is 12.1 Å². The number of aliphatic hydroxyl groups excluding tert-OH is 2. The van der Waals surface area contributed by atoms with Gasteiger partial charge >= 0.3 is 5.97 Å². The van der Waals surface area contributed by atoms with Crippen LogP contribution in [0.2, 0.25) is 0 Å². The molecule has 0 fully saturated rings. The van der Waals surface area contributed by atoms with Crippen LogP contribution in [0.3, 0.4) is 0 Å². The number of carboxylic acid groups (broad SMARTS) is 1. The molecule has 1 aromatic heterocycles. The lowest BCUT2D eigenvalue weighted by molar-refractivity contribution is -0.139. The SMILES string of the molecule is CC(C)c1c(/C=C/C(O)CC(O)CC(=O)O)c(-c2ccc(F)cc2)cn1C(C)C. The molecule has 3 N–H and O–H groups in total. The van der Waals surface area contributed by atoms with E-state index in [4.69, 9.17) is 5.11 Å². The van der Waals surface area contributed by atoms with Gasteiger partial charge in [-0.2, -0.15) is 0 Å². The minimum Gasteiger partial charge on any atom is -0.481 e. The third-order valence-corrected chi connectivity index (χ3v) is 4.78. The van der Waals surface area contributed by atoms with Crippen LogP contribution in [0.4, 0.5) is 4.39 Å². The number of carbonyl (C=O) groups is 1. The molecule has 2 rings (SSSR count). The van der Waals surface area contributed by atoms with Crippen molar-refractivity contribution in [2.45, 2.75) is 64.7 Å². The summed E-state index contributed by atoms with van der Waals surface area (Å²) in [5.74, 6) is -1.20. The highest BCUT2D eigenvalue weighted by atomic mass is 19.1. The topological polar surface area (TPSA) is 82.7 Å². The van der Waals surface area contributed by atoms with Crippen LogP contribution in [-0.2, 0) is 4.79 Å². The van der Waals surface area contributed by atoms with Crippen LogP contribution in [0.25, 0.3) is 17.2 Å². The Morgan fingerprint density at radius 1 is 1.14 bits per heavy atom. The Kier molecular flexibility index (Phi) is 7.76. The molecule has 29 heavy (non-hydrogen) atoms. The van der Waals surface area contributed by atoms with Gasteiger partial charge in [-0.25, -0.2) is 4.39 Å². The molecule has 1 heterocycles. The molecule has 6 heteroatoms. The van der Waals surface area contributed by atoms with Gasteiger partial charge in [-0.05, 0) is 37.5 Å². The second-order valence-electron chi connectivity index (χ2n) is 7.92. The minimum absolute atomic E-state index is 0.0589. The van der Waals surface area contributed by atoms with Crippen molar-refractivity contribution >= 4 is 12.0 Å². The van der Waals surface area contributed by atoms with E-state index in [9.17, 15) is 19.4 Å². The molecule has 2 atom stereocenters. The number of benzene rings is 1. The summed E-state index contributed by atoms with van der Waals surface area (Å²) in [4.78, 5) is 10.7. The van der Waals surface area contributed by atoms with Crippen LogP contribution in [0, 0.1) is 5.82 Å². The molecule has 0 radical (unpaired) electrons. The van der Waals surface area contributed by atoms with Crippen LogP contribution < -0.4 is 0 Å². The smallest absolute Gasteiger partial charge is 0.305 e. The standard InChI is InChI=1S/C23H30FNO4/c1-14(2)23-20(10-9-18(26)11-19(27)12-22(28)29)21(13-25(23)15(3)4)16-5-7-17(24)8-6-16/h5-10,13-15,18-19,26-27H,11-12H2,1-4H3,(H,28,29)/b10-9+. The summed E-state index contributed by atoms with van der Waals surface area (Å²) in [6.45, 7) is 8.36. The Morgan fingerprint density at radius 2 is 1.76 bits per heavy atom. The molecule has 0 amide bonds. The van der Waals surface area contributed by atoms with E-state index in [1.54, 1.807) is 18.2 Å². The summed E-state index contributed by atoms with van der Waals surface area (Å²) >= 11 is 0. The molecule has 0 saturated carbocycles. The van der Waals surface area contributed by atoms with E-state index >= 15 is 0 Å². The zero-order chi connectivity index (χ0) is 21.7. The fourth-order valence-electron chi connectivity index (χ4n) is 3.48. The van der Waals surface area contributed by atoms with E-state index in [0.717, 1.165) is 22.4 Å². The Balaban J connectivity index is 2.44. The predicted octanol–water partition coefficient (Wildman–Crippen LogP) is 4.60. The van der Waals surface area contributed by atoms with Gasteiger partial charge in [0.1, 0.15) is 5.82 Å².